The van der Waals surface area contributed by atoms with Crippen molar-refractivity contribution in [2.24, 2.45) is 0 Å². The summed E-state index contributed by atoms with van der Waals surface area (Å²) in [6, 6.07) is 8.35. The van der Waals surface area contributed by atoms with Crippen molar-refractivity contribution in [1.29, 1.82) is 5.26 Å². The highest BCUT2D eigenvalue weighted by Gasteiger charge is 2.30. The number of nitrogens with zero attached hydrogens (tertiary/aromatic N) is 2. The van der Waals surface area contributed by atoms with Crippen LogP contribution in [0, 0.1) is 11.3 Å². The third-order valence-electron chi connectivity index (χ3n) is 3.37. The van der Waals surface area contributed by atoms with Crippen LogP contribution in [0.1, 0.15) is 50.3 Å². The quantitative estimate of drug-likeness (QED) is 0.866. The number of anilines is 1. The summed E-state index contributed by atoms with van der Waals surface area (Å²) in [5.41, 5.74) is 2.62. The molecule has 2 rings (SSSR count). The lowest BCUT2D eigenvalue weighted by Crippen LogP contribution is -2.27. The van der Waals surface area contributed by atoms with Crippen LogP contribution < -0.4 is 4.90 Å². The third kappa shape index (κ3) is 2.65. The fourth-order valence-corrected chi connectivity index (χ4v) is 2.34. The fraction of sp³-hybridized carbons (Fsp3) is 0.533. The summed E-state index contributed by atoms with van der Waals surface area (Å²) in [6.07, 6.45) is 3.02. The highest BCUT2D eigenvalue weighted by Crippen LogP contribution is 2.36. The molecule has 1 aliphatic carbocycles. The van der Waals surface area contributed by atoms with Gasteiger partial charge in [-0.1, -0.05) is 13.0 Å². The molecule has 1 atom stereocenters. The van der Waals surface area contributed by atoms with Gasteiger partial charge in [0.15, 0.2) is 0 Å². The average Bonchev–Trinajstić information content (AvgIpc) is 3.19. The van der Waals surface area contributed by atoms with Gasteiger partial charge in [-0.15, -0.1) is 0 Å². The van der Waals surface area contributed by atoms with Gasteiger partial charge in [0, 0.05) is 23.8 Å². The van der Waals surface area contributed by atoms with E-state index in [1.165, 1.54) is 12.8 Å². The number of rotatable bonds is 5. The van der Waals surface area contributed by atoms with Crippen LogP contribution in [0.5, 0.6) is 0 Å². The van der Waals surface area contributed by atoms with E-state index < -0.39 is 6.10 Å². The first kappa shape index (κ1) is 12.9. The van der Waals surface area contributed by atoms with Gasteiger partial charge in [-0.3, -0.25) is 0 Å². The molecule has 96 valence electrons. The molecule has 1 aromatic rings. The summed E-state index contributed by atoms with van der Waals surface area (Å²) in [7, 11) is 0. The Morgan fingerprint density at radius 3 is 2.72 bits per heavy atom. The summed E-state index contributed by atoms with van der Waals surface area (Å²) >= 11 is 0. The Labute approximate surface area is 109 Å². The van der Waals surface area contributed by atoms with Crippen LogP contribution in [0.3, 0.4) is 0 Å². The van der Waals surface area contributed by atoms with Gasteiger partial charge in [-0.2, -0.15) is 5.26 Å². The molecule has 0 bridgehead atoms. The van der Waals surface area contributed by atoms with Crippen LogP contribution in [-0.2, 0) is 0 Å². The van der Waals surface area contributed by atoms with Crippen LogP contribution in [0.2, 0.25) is 0 Å². The van der Waals surface area contributed by atoms with Crippen molar-refractivity contribution >= 4 is 5.69 Å². The number of hydrogen-bond acceptors (Lipinski definition) is 3. The average molecular weight is 244 g/mol. The summed E-state index contributed by atoms with van der Waals surface area (Å²) < 4.78 is 0. The number of aliphatic hydroxyl groups excluding tert-OH is 1. The second kappa shape index (κ2) is 5.41. The van der Waals surface area contributed by atoms with Gasteiger partial charge in [-0.05, 0) is 38.3 Å². The molecule has 1 fully saturated rings. The largest absolute Gasteiger partial charge is 0.389 e. The highest BCUT2D eigenvalue weighted by molar-refractivity contribution is 5.59. The van der Waals surface area contributed by atoms with Gasteiger partial charge >= 0.3 is 0 Å². The molecule has 3 heteroatoms. The maximum Gasteiger partial charge on any atom is 0.0992 e. The Balaban J connectivity index is 2.41. The van der Waals surface area contributed by atoms with Gasteiger partial charge in [0.1, 0.15) is 0 Å². The SMILES string of the molecule is CCCN(c1cc(C#N)ccc1C(C)O)C1CC1. The lowest BCUT2D eigenvalue weighted by atomic mass is 10.0. The molecule has 0 heterocycles. The maximum atomic E-state index is 9.88. The van der Waals surface area contributed by atoms with Crippen LogP contribution in [0.15, 0.2) is 18.2 Å². The molecule has 0 saturated heterocycles. The maximum absolute atomic E-state index is 9.88. The van der Waals surface area contributed by atoms with Gasteiger partial charge < -0.3 is 10.0 Å². The van der Waals surface area contributed by atoms with E-state index >= 15 is 0 Å². The second-order valence-corrected chi connectivity index (χ2v) is 4.99. The zero-order chi connectivity index (χ0) is 13.1. The summed E-state index contributed by atoms with van der Waals surface area (Å²) in [5.74, 6) is 0. The lowest BCUT2D eigenvalue weighted by molar-refractivity contribution is 0.199. The molecule has 0 spiro atoms. The predicted octanol–water partition coefficient (Wildman–Crippen LogP) is 2.99. The Kier molecular flexibility index (Phi) is 3.88. The van der Waals surface area contributed by atoms with Crippen molar-refractivity contribution in [2.75, 3.05) is 11.4 Å². The van der Waals surface area contributed by atoms with Crippen molar-refractivity contribution in [3.63, 3.8) is 0 Å². The molecule has 0 radical (unpaired) electrons. The van der Waals surface area contributed by atoms with E-state index in [0.717, 1.165) is 24.2 Å². The smallest absolute Gasteiger partial charge is 0.0992 e. The van der Waals surface area contributed by atoms with E-state index in [1.54, 1.807) is 13.0 Å². The molecule has 3 nitrogen and oxygen atoms in total. The standard InChI is InChI=1S/C15H20N2O/c1-3-8-17(13-5-6-13)15-9-12(10-16)4-7-14(15)11(2)18/h4,7,9,11,13,18H,3,5-6,8H2,1-2H3. The van der Waals surface area contributed by atoms with Gasteiger partial charge in [0.25, 0.3) is 0 Å². The number of hydrogen-bond donors (Lipinski definition) is 1. The van der Waals surface area contributed by atoms with E-state index in [9.17, 15) is 5.11 Å². The Morgan fingerprint density at radius 2 is 2.22 bits per heavy atom. The Bertz CT molecular complexity index is 458. The molecule has 1 saturated carbocycles. The van der Waals surface area contributed by atoms with E-state index in [-0.39, 0.29) is 0 Å². The minimum absolute atomic E-state index is 0.495. The number of benzene rings is 1. The molecule has 0 aliphatic heterocycles. The molecule has 18 heavy (non-hydrogen) atoms. The van der Waals surface area contributed by atoms with Crippen LogP contribution >= 0.6 is 0 Å². The molecule has 1 N–H and O–H groups in total. The van der Waals surface area contributed by atoms with Crippen molar-refractivity contribution in [2.45, 2.75) is 45.3 Å². The normalized spacial score (nSPS) is 16.1. The summed E-state index contributed by atoms with van der Waals surface area (Å²) in [6.45, 7) is 4.92. The van der Waals surface area contributed by atoms with Crippen molar-refractivity contribution in [3.05, 3.63) is 29.3 Å². The number of aliphatic hydroxyl groups is 1. The monoisotopic (exact) mass is 244 g/mol. The van der Waals surface area contributed by atoms with Gasteiger partial charge in [-0.25, -0.2) is 0 Å². The molecule has 1 aliphatic rings. The third-order valence-corrected chi connectivity index (χ3v) is 3.37. The predicted molar refractivity (Wildman–Crippen MR) is 72.4 cm³/mol. The minimum atomic E-state index is -0.495. The Hall–Kier alpha value is -1.53. The topological polar surface area (TPSA) is 47.3 Å². The van der Waals surface area contributed by atoms with E-state index in [4.69, 9.17) is 5.26 Å². The second-order valence-electron chi connectivity index (χ2n) is 4.99. The van der Waals surface area contributed by atoms with Crippen LogP contribution in [-0.4, -0.2) is 17.7 Å². The summed E-state index contributed by atoms with van der Waals surface area (Å²) in [4.78, 5) is 2.35. The lowest BCUT2D eigenvalue weighted by Gasteiger charge is -2.27. The molecular formula is C15H20N2O. The highest BCUT2D eigenvalue weighted by atomic mass is 16.3. The molecule has 0 aromatic heterocycles. The van der Waals surface area contributed by atoms with Crippen molar-refractivity contribution < 1.29 is 5.11 Å². The first-order valence-corrected chi connectivity index (χ1v) is 6.66. The minimum Gasteiger partial charge on any atom is -0.389 e. The van der Waals surface area contributed by atoms with E-state index in [2.05, 4.69) is 17.9 Å². The zero-order valence-electron chi connectivity index (χ0n) is 11.1. The Morgan fingerprint density at radius 1 is 1.50 bits per heavy atom. The first-order chi connectivity index (χ1) is 8.67. The van der Waals surface area contributed by atoms with Crippen LogP contribution in [0.4, 0.5) is 5.69 Å². The summed E-state index contributed by atoms with van der Waals surface area (Å²) in [5, 5.41) is 18.9. The zero-order valence-corrected chi connectivity index (χ0v) is 11.1. The van der Waals surface area contributed by atoms with E-state index in [0.29, 0.717) is 11.6 Å². The molecule has 1 unspecified atom stereocenters. The van der Waals surface area contributed by atoms with E-state index in [1.807, 2.05) is 12.1 Å². The fourth-order valence-electron chi connectivity index (χ4n) is 2.34. The van der Waals surface area contributed by atoms with Crippen LogP contribution in [0.25, 0.3) is 0 Å². The van der Waals surface area contributed by atoms with Crippen molar-refractivity contribution in [3.8, 4) is 6.07 Å². The van der Waals surface area contributed by atoms with Gasteiger partial charge in [0.2, 0.25) is 0 Å². The van der Waals surface area contributed by atoms with Gasteiger partial charge in [0.05, 0.1) is 17.7 Å². The molecule has 1 aromatic carbocycles. The number of nitriles is 1. The first-order valence-electron chi connectivity index (χ1n) is 6.66. The molecule has 0 amide bonds. The van der Waals surface area contributed by atoms with Crippen molar-refractivity contribution in [1.82, 2.24) is 0 Å². The molecular weight excluding hydrogens is 224 g/mol.